The first-order valence-electron chi connectivity index (χ1n) is 5.60. The topological polar surface area (TPSA) is 45.8 Å². The zero-order valence-electron chi connectivity index (χ0n) is 10.4. The van der Waals surface area contributed by atoms with E-state index in [1.54, 1.807) is 31.2 Å². The van der Waals surface area contributed by atoms with Gasteiger partial charge in [0, 0.05) is 16.0 Å². The summed E-state index contributed by atoms with van der Waals surface area (Å²) in [6.45, 7) is 3.54. The van der Waals surface area contributed by atoms with Gasteiger partial charge in [-0.25, -0.2) is 5.10 Å². The van der Waals surface area contributed by atoms with Crippen LogP contribution < -0.4 is 5.56 Å². The van der Waals surface area contributed by atoms with Gasteiger partial charge in [-0.05, 0) is 31.5 Å². The zero-order valence-corrected chi connectivity index (χ0v) is 11.2. The molecule has 1 heterocycles. The van der Waals surface area contributed by atoms with Crippen molar-refractivity contribution >= 4 is 11.8 Å². The summed E-state index contributed by atoms with van der Waals surface area (Å²) in [7, 11) is 0. The van der Waals surface area contributed by atoms with Gasteiger partial charge in [0.05, 0.1) is 5.69 Å². The molecule has 0 unspecified atom stereocenters. The minimum Gasteiger partial charge on any atom is -0.268 e. The second kappa shape index (κ2) is 5.52. The Hall–Kier alpha value is -1.69. The van der Waals surface area contributed by atoms with Crippen LogP contribution in [-0.2, 0) is 0 Å². The van der Waals surface area contributed by atoms with E-state index in [1.165, 1.54) is 0 Å². The van der Waals surface area contributed by atoms with Crippen LogP contribution in [0, 0.1) is 13.8 Å². The smallest absolute Gasteiger partial charge is 0.268 e. The van der Waals surface area contributed by atoms with Gasteiger partial charge in [0.1, 0.15) is 0 Å². The maximum atomic E-state index is 12.2. The number of rotatable bonds is 3. The van der Waals surface area contributed by atoms with Crippen LogP contribution in [0.15, 0.2) is 34.0 Å². The van der Waals surface area contributed by atoms with Crippen molar-refractivity contribution in [2.45, 2.75) is 24.5 Å². The summed E-state index contributed by atoms with van der Waals surface area (Å²) in [5.41, 5.74) is 2.63. The van der Waals surface area contributed by atoms with E-state index in [0.29, 0.717) is 27.9 Å². The van der Waals surface area contributed by atoms with E-state index in [1.807, 2.05) is 6.92 Å². The number of benzene rings is 1. The van der Waals surface area contributed by atoms with Crippen LogP contribution >= 0.6 is 11.8 Å². The predicted octanol–water partition coefficient (Wildman–Crippen LogP) is 3.37. The summed E-state index contributed by atoms with van der Waals surface area (Å²) in [6, 6.07) is 6.68. The molecule has 0 aliphatic carbocycles. The molecule has 1 aromatic carbocycles. The Morgan fingerprint density at radius 3 is 2.37 bits per heavy atom. The summed E-state index contributed by atoms with van der Waals surface area (Å²) in [4.78, 5) is 11.9. The molecule has 0 bridgehead atoms. The molecule has 100 valence electrons. The molecule has 0 saturated carbocycles. The third-order valence-electron chi connectivity index (χ3n) is 2.88. The lowest BCUT2D eigenvalue weighted by Gasteiger charge is -2.07. The molecule has 2 aromatic rings. The highest BCUT2D eigenvalue weighted by molar-refractivity contribution is 7.99. The Morgan fingerprint density at radius 2 is 1.79 bits per heavy atom. The molecule has 19 heavy (non-hydrogen) atoms. The quantitative estimate of drug-likeness (QED) is 0.878. The molecule has 0 spiro atoms. The number of nitrogens with zero attached hydrogens (tertiary/aromatic N) is 1. The molecule has 0 radical (unpaired) electrons. The third-order valence-corrected chi connectivity index (χ3v) is 3.60. The lowest BCUT2D eigenvalue weighted by Crippen LogP contribution is -2.14. The fourth-order valence-corrected chi connectivity index (χ4v) is 2.20. The lowest BCUT2D eigenvalue weighted by atomic mass is 10.0. The Labute approximate surface area is 113 Å². The first kappa shape index (κ1) is 13.7. The molecule has 0 saturated heterocycles. The van der Waals surface area contributed by atoms with E-state index in [9.17, 15) is 13.6 Å². The molecule has 0 atom stereocenters. The summed E-state index contributed by atoms with van der Waals surface area (Å²) in [5.74, 6) is -2.43. The Kier molecular flexibility index (Phi) is 3.99. The molecule has 1 aromatic heterocycles. The molecule has 6 heteroatoms. The van der Waals surface area contributed by atoms with Crippen molar-refractivity contribution in [3.05, 3.63) is 45.7 Å². The van der Waals surface area contributed by atoms with Crippen LogP contribution in [0.25, 0.3) is 11.3 Å². The fraction of sp³-hybridized carbons (Fsp3) is 0.231. The summed E-state index contributed by atoms with van der Waals surface area (Å²) in [5, 5.41) is 6.43. The van der Waals surface area contributed by atoms with Crippen LogP contribution in [0.1, 0.15) is 11.1 Å². The number of hydrogen-bond acceptors (Lipinski definition) is 3. The van der Waals surface area contributed by atoms with Gasteiger partial charge < -0.3 is 0 Å². The maximum Gasteiger partial charge on any atom is 0.288 e. The van der Waals surface area contributed by atoms with E-state index < -0.39 is 5.76 Å². The molecule has 2 rings (SSSR count). The van der Waals surface area contributed by atoms with E-state index in [-0.39, 0.29) is 5.56 Å². The number of aromatic nitrogens is 2. The number of nitrogens with one attached hydrogen (secondary N) is 1. The number of thioether (sulfide) groups is 1. The Morgan fingerprint density at radius 1 is 1.16 bits per heavy atom. The van der Waals surface area contributed by atoms with Crippen molar-refractivity contribution in [1.29, 1.82) is 0 Å². The second-order valence-corrected chi connectivity index (χ2v) is 5.12. The minimum absolute atomic E-state index is 0.217. The van der Waals surface area contributed by atoms with Gasteiger partial charge in [-0.3, -0.25) is 4.79 Å². The van der Waals surface area contributed by atoms with Crippen molar-refractivity contribution < 1.29 is 8.78 Å². The average Bonchev–Trinajstić information content (AvgIpc) is 2.37. The highest BCUT2D eigenvalue weighted by atomic mass is 32.2. The fourth-order valence-electron chi connectivity index (χ4n) is 1.70. The maximum absolute atomic E-state index is 12.2. The summed E-state index contributed by atoms with van der Waals surface area (Å²) >= 11 is 0.501. The molecule has 3 nitrogen and oxygen atoms in total. The van der Waals surface area contributed by atoms with E-state index >= 15 is 0 Å². The van der Waals surface area contributed by atoms with Crippen molar-refractivity contribution in [2.24, 2.45) is 0 Å². The van der Waals surface area contributed by atoms with Crippen LogP contribution in [0.2, 0.25) is 0 Å². The SMILES string of the molecule is Cc1c(-c2ccc(SC(F)F)cc2)n[nH]c(=O)c1C. The van der Waals surface area contributed by atoms with Crippen LogP contribution in [-0.4, -0.2) is 16.0 Å². The third kappa shape index (κ3) is 3.01. The van der Waals surface area contributed by atoms with Crippen LogP contribution in [0.3, 0.4) is 0 Å². The average molecular weight is 282 g/mol. The first-order valence-corrected chi connectivity index (χ1v) is 6.48. The van der Waals surface area contributed by atoms with Crippen LogP contribution in [0.4, 0.5) is 8.78 Å². The van der Waals surface area contributed by atoms with Crippen molar-refractivity contribution in [1.82, 2.24) is 10.2 Å². The van der Waals surface area contributed by atoms with Crippen molar-refractivity contribution in [3.63, 3.8) is 0 Å². The minimum atomic E-state index is -2.43. The number of hydrogen-bond donors (Lipinski definition) is 1. The van der Waals surface area contributed by atoms with Gasteiger partial charge >= 0.3 is 0 Å². The van der Waals surface area contributed by atoms with Gasteiger partial charge in [0.25, 0.3) is 11.3 Å². The van der Waals surface area contributed by atoms with E-state index in [0.717, 1.165) is 11.1 Å². The second-order valence-electron chi connectivity index (χ2n) is 4.05. The molecule has 0 fully saturated rings. The highest BCUT2D eigenvalue weighted by Crippen LogP contribution is 2.28. The number of alkyl halides is 2. The van der Waals surface area contributed by atoms with E-state index in [2.05, 4.69) is 10.2 Å². The lowest BCUT2D eigenvalue weighted by molar-refractivity contribution is 0.252. The van der Waals surface area contributed by atoms with Gasteiger partial charge in [-0.1, -0.05) is 23.9 Å². The van der Waals surface area contributed by atoms with Crippen LogP contribution in [0.5, 0.6) is 0 Å². The van der Waals surface area contributed by atoms with E-state index in [4.69, 9.17) is 0 Å². The summed E-state index contributed by atoms with van der Waals surface area (Å²) in [6.07, 6.45) is 0. The normalized spacial score (nSPS) is 11.0. The molecule has 0 aliphatic heterocycles. The van der Waals surface area contributed by atoms with Gasteiger partial charge in [0.2, 0.25) is 0 Å². The zero-order chi connectivity index (χ0) is 14.0. The molecular weight excluding hydrogens is 270 g/mol. The monoisotopic (exact) mass is 282 g/mol. The number of halogens is 2. The molecule has 1 N–H and O–H groups in total. The molecule has 0 amide bonds. The highest BCUT2D eigenvalue weighted by Gasteiger charge is 2.10. The largest absolute Gasteiger partial charge is 0.288 e. The van der Waals surface area contributed by atoms with Gasteiger partial charge in [-0.2, -0.15) is 13.9 Å². The molecular formula is C13H12F2N2OS. The Balaban J connectivity index is 2.38. The van der Waals surface area contributed by atoms with Gasteiger partial charge in [-0.15, -0.1) is 0 Å². The number of H-pyrrole nitrogens is 1. The molecule has 0 aliphatic rings. The van der Waals surface area contributed by atoms with Crippen molar-refractivity contribution in [2.75, 3.05) is 0 Å². The van der Waals surface area contributed by atoms with Gasteiger partial charge in [0.15, 0.2) is 0 Å². The predicted molar refractivity (Wildman–Crippen MR) is 71.6 cm³/mol. The first-order chi connectivity index (χ1) is 8.99. The van der Waals surface area contributed by atoms with Crippen molar-refractivity contribution in [3.8, 4) is 11.3 Å². The number of aromatic amines is 1. The Bertz CT molecular complexity index is 638. The standard InChI is InChI=1S/C13H12F2N2OS/c1-7-8(2)12(18)17-16-11(7)9-3-5-10(6-4-9)19-13(14)15/h3-6,13H,1-2H3,(H,17,18). The summed E-state index contributed by atoms with van der Waals surface area (Å²) < 4.78 is 24.4.